The number of nitrogen functional groups attached to an aromatic ring is 1. The molecule has 0 bridgehead atoms. The van der Waals surface area contributed by atoms with Crippen molar-refractivity contribution < 1.29 is 8.42 Å². The van der Waals surface area contributed by atoms with Gasteiger partial charge in [-0.25, -0.2) is 18.1 Å². The van der Waals surface area contributed by atoms with Crippen molar-refractivity contribution in [1.82, 2.24) is 24.1 Å². The zero-order valence-corrected chi connectivity index (χ0v) is 13.2. The van der Waals surface area contributed by atoms with E-state index in [4.69, 9.17) is 5.73 Å². The van der Waals surface area contributed by atoms with Crippen molar-refractivity contribution in [3.63, 3.8) is 0 Å². The molecule has 2 aromatic heterocycles. The monoisotopic (exact) mass is 312 g/mol. The Morgan fingerprint density at radius 2 is 2.14 bits per heavy atom. The third kappa shape index (κ3) is 3.24. The van der Waals surface area contributed by atoms with E-state index in [0.717, 1.165) is 13.0 Å². The minimum Gasteiger partial charge on any atom is -0.384 e. The maximum atomic E-state index is 12.2. The lowest BCUT2D eigenvalue weighted by atomic mass is 10.3. The molecular weight excluding hydrogens is 292 g/mol. The Balaban J connectivity index is 2.15. The number of hydrogen-bond donors (Lipinski definition) is 2. The van der Waals surface area contributed by atoms with Gasteiger partial charge in [0.2, 0.25) is 0 Å². The molecule has 0 spiro atoms. The number of anilines is 1. The van der Waals surface area contributed by atoms with Gasteiger partial charge >= 0.3 is 0 Å². The van der Waals surface area contributed by atoms with Gasteiger partial charge in [-0.15, -0.1) is 0 Å². The first kappa shape index (κ1) is 15.5. The SMILES string of the molecule is CCCn1cc(S(=O)(=O)NCc2cnn(C)c2N)nc1C. The van der Waals surface area contributed by atoms with Gasteiger partial charge in [0, 0.05) is 31.9 Å². The average Bonchev–Trinajstić information content (AvgIpc) is 2.94. The van der Waals surface area contributed by atoms with Crippen LogP contribution in [0, 0.1) is 6.92 Å². The van der Waals surface area contributed by atoms with Crippen LogP contribution in [0.5, 0.6) is 0 Å². The highest BCUT2D eigenvalue weighted by Crippen LogP contribution is 2.13. The molecule has 0 atom stereocenters. The van der Waals surface area contributed by atoms with Gasteiger partial charge < -0.3 is 10.3 Å². The second-order valence-corrected chi connectivity index (χ2v) is 6.54. The van der Waals surface area contributed by atoms with Crippen LogP contribution in [0.3, 0.4) is 0 Å². The molecule has 0 aromatic carbocycles. The van der Waals surface area contributed by atoms with Gasteiger partial charge in [0.05, 0.1) is 6.20 Å². The Morgan fingerprint density at radius 3 is 2.71 bits per heavy atom. The number of nitrogens with zero attached hydrogens (tertiary/aromatic N) is 4. The molecule has 2 aromatic rings. The highest BCUT2D eigenvalue weighted by Gasteiger charge is 2.19. The Hall–Kier alpha value is -1.87. The number of hydrogen-bond acceptors (Lipinski definition) is 5. The first-order chi connectivity index (χ1) is 9.85. The highest BCUT2D eigenvalue weighted by molar-refractivity contribution is 7.89. The van der Waals surface area contributed by atoms with Gasteiger partial charge in [0.1, 0.15) is 11.6 Å². The molecule has 0 aliphatic heterocycles. The number of rotatable bonds is 6. The molecular formula is C12H20N6O2S. The number of aromatic nitrogens is 4. The van der Waals surface area contributed by atoms with Crippen LogP contribution in [0.4, 0.5) is 5.82 Å². The summed E-state index contributed by atoms with van der Waals surface area (Å²) in [7, 11) is -1.96. The second-order valence-electron chi connectivity index (χ2n) is 4.82. The molecule has 0 unspecified atom stereocenters. The maximum absolute atomic E-state index is 12.2. The Morgan fingerprint density at radius 1 is 1.43 bits per heavy atom. The number of sulfonamides is 1. The maximum Gasteiger partial charge on any atom is 0.259 e. The number of nitrogens with one attached hydrogen (secondary N) is 1. The number of nitrogens with two attached hydrogens (primary N) is 1. The summed E-state index contributed by atoms with van der Waals surface area (Å²) < 4.78 is 30.3. The van der Waals surface area contributed by atoms with Crippen LogP contribution in [0.25, 0.3) is 0 Å². The van der Waals surface area contributed by atoms with Gasteiger partial charge in [0.15, 0.2) is 5.03 Å². The standard InChI is InChI=1S/C12H20N6O2S/c1-4-5-18-8-11(16-9(18)2)21(19,20)15-7-10-6-14-17(3)12(10)13/h6,8,15H,4-5,7,13H2,1-3H3. The third-order valence-corrected chi connectivity index (χ3v) is 4.48. The van der Waals surface area contributed by atoms with Crippen LogP contribution < -0.4 is 10.5 Å². The van der Waals surface area contributed by atoms with Crippen molar-refractivity contribution in [2.75, 3.05) is 5.73 Å². The van der Waals surface area contributed by atoms with Gasteiger partial charge in [0.25, 0.3) is 10.0 Å². The van der Waals surface area contributed by atoms with Crippen LogP contribution in [0.1, 0.15) is 24.7 Å². The van der Waals surface area contributed by atoms with E-state index in [2.05, 4.69) is 14.8 Å². The summed E-state index contributed by atoms with van der Waals surface area (Å²) in [5.41, 5.74) is 6.41. The molecule has 2 heterocycles. The van der Waals surface area contributed by atoms with Gasteiger partial charge in [-0.1, -0.05) is 6.92 Å². The highest BCUT2D eigenvalue weighted by atomic mass is 32.2. The molecule has 9 heteroatoms. The molecule has 0 aliphatic rings. The molecule has 0 saturated carbocycles. The molecule has 0 saturated heterocycles. The predicted octanol–water partition coefficient (Wildman–Crippen LogP) is 0.396. The van der Waals surface area contributed by atoms with E-state index in [0.29, 0.717) is 17.2 Å². The van der Waals surface area contributed by atoms with E-state index in [1.807, 2.05) is 11.5 Å². The van der Waals surface area contributed by atoms with Crippen molar-refractivity contribution in [2.24, 2.45) is 7.05 Å². The largest absolute Gasteiger partial charge is 0.384 e. The Bertz CT molecular complexity index is 731. The first-order valence-corrected chi connectivity index (χ1v) is 8.13. The summed E-state index contributed by atoms with van der Waals surface area (Å²) in [4.78, 5) is 4.10. The smallest absolute Gasteiger partial charge is 0.259 e. The van der Waals surface area contributed by atoms with Gasteiger partial charge in [-0.2, -0.15) is 5.10 Å². The Labute approximate surface area is 124 Å². The Kier molecular flexibility index (Phi) is 4.33. The van der Waals surface area contributed by atoms with Crippen molar-refractivity contribution in [3.8, 4) is 0 Å². The predicted molar refractivity (Wildman–Crippen MR) is 78.9 cm³/mol. The third-order valence-electron chi connectivity index (χ3n) is 3.21. The molecule has 0 fully saturated rings. The zero-order valence-electron chi connectivity index (χ0n) is 12.4. The molecule has 2 rings (SSSR count). The molecule has 3 N–H and O–H groups in total. The van der Waals surface area contributed by atoms with Crippen LogP contribution >= 0.6 is 0 Å². The van der Waals surface area contributed by atoms with Crippen LogP contribution in [0.2, 0.25) is 0 Å². The summed E-state index contributed by atoms with van der Waals surface area (Å²) in [6, 6.07) is 0. The van der Waals surface area contributed by atoms with Crippen LogP contribution in [-0.2, 0) is 30.2 Å². The van der Waals surface area contributed by atoms with Gasteiger partial charge in [-0.3, -0.25) is 4.68 Å². The lowest BCUT2D eigenvalue weighted by Gasteiger charge is -2.04. The number of imidazole rings is 1. The first-order valence-electron chi connectivity index (χ1n) is 6.65. The van der Waals surface area contributed by atoms with Crippen molar-refractivity contribution >= 4 is 15.8 Å². The van der Waals surface area contributed by atoms with Crippen molar-refractivity contribution in [1.29, 1.82) is 0 Å². The minimum absolute atomic E-state index is 0.0240. The van der Waals surface area contributed by atoms with Gasteiger partial charge in [-0.05, 0) is 13.3 Å². The second kappa shape index (κ2) is 5.86. The molecule has 21 heavy (non-hydrogen) atoms. The fourth-order valence-corrected chi connectivity index (χ4v) is 2.96. The summed E-state index contributed by atoms with van der Waals surface area (Å²) in [6.07, 6.45) is 4.00. The normalized spacial score (nSPS) is 12.0. The lowest BCUT2D eigenvalue weighted by molar-refractivity contribution is 0.577. The summed E-state index contributed by atoms with van der Waals surface area (Å²) in [6.45, 7) is 4.64. The van der Waals surface area contributed by atoms with Crippen LogP contribution in [0.15, 0.2) is 17.4 Å². The van der Waals surface area contributed by atoms with E-state index in [-0.39, 0.29) is 11.6 Å². The molecule has 0 amide bonds. The molecule has 8 nitrogen and oxygen atoms in total. The fraction of sp³-hybridized carbons (Fsp3) is 0.500. The molecule has 0 radical (unpaired) electrons. The van der Waals surface area contributed by atoms with E-state index >= 15 is 0 Å². The summed E-state index contributed by atoms with van der Waals surface area (Å²) in [5, 5.41) is 3.99. The number of aryl methyl sites for hydroxylation is 3. The van der Waals surface area contributed by atoms with E-state index in [9.17, 15) is 8.42 Å². The quantitative estimate of drug-likeness (QED) is 0.802. The summed E-state index contributed by atoms with van der Waals surface area (Å²) >= 11 is 0. The fourth-order valence-electron chi connectivity index (χ4n) is 1.95. The van der Waals surface area contributed by atoms with E-state index < -0.39 is 10.0 Å². The lowest BCUT2D eigenvalue weighted by Crippen LogP contribution is -2.24. The van der Waals surface area contributed by atoms with E-state index in [1.54, 1.807) is 26.4 Å². The topological polar surface area (TPSA) is 108 Å². The average molecular weight is 312 g/mol. The zero-order chi connectivity index (χ0) is 15.6. The molecule has 0 aliphatic carbocycles. The molecule has 116 valence electrons. The van der Waals surface area contributed by atoms with Crippen molar-refractivity contribution in [2.45, 2.75) is 38.4 Å². The summed E-state index contributed by atoms with van der Waals surface area (Å²) in [5.74, 6) is 1.11. The van der Waals surface area contributed by atoms with Crippen molar-refractivity contribution in [3.05, 3.63) is 23.8 Å². The minimum atomic E-state index is -3.66. The van der Waals surface area contributed by atoms with E-state index in [1.165, 1.54) is 4.68 Å². The van der Waals surface area contributed by atoms with Crippen LogP contribution in [-0.4, -0.2) is 27.7 Å².